The number of hydrogen-bond donors (Lipinski definition) is 2. The lowest BCUT2D eigenvalue weighted by Gasteiger charge is -1.96. The van der Waals surface area contributed by atoms with Gasteiger partial charge in [0.1, 0.15) is 0 Å². The number of rotatable bonds is 5. The van der Waals surface area contributed by atoms with Gasteiger partial charge in [-0.2, -0.15) is 0 Å². The van der Waals surface area contributed by atoms with Gasteiger partial charge in [-0.3, -0.25) is 0 Å². The maximum Gasteiger partial charge on any atom is 0.451 e. The van der Waals surface area contributed by atoms with Gasteiger partial charge < -0.3 is 10.0 Å². The summed E-state index contributed by atoms with van der Waals surface area (Å²) in [5.41, 5.74) is 0. The third-order valence-corrected chi connectivity index (χ3v) is 1.32. The number of unbranched alkanes of at least 4 members (excludes halogenated alkanes) is 3. The van der Waals surface area contributed by atoms with E-state index in [9.17, 15) is 0 Å². The Balaban J connectivity index is 0. The molecule has 0 aliphatic heterocycles. The number of hydrogen-bond acceptors (Lipinski definition) is 2. The first-order chi connectivity index (χ1) is 4.27. The molecule has 2 nitrogen and oxygen atoms in total. The Labute approximate surface area is 69.2 Å². The van der Waals surface area contributed by atoms with Crippen molar-refractivity contribution in [1.82, 2.24) is 0 Å². The normalized spacial score (nSPS) is 8.70. The lowest BCUT2D eigenvalue weighted by molar-refractivity contribution is 0.401. The van der Waals surface area contributed by atoms with E-state index in [0.29, 0.717) is 6.32 Å². The molecular formula is C6H16BClO2. The molecule has 0 saturated heterocycles. The number of halogens is 1. The van der Waals surface area contributed by atoms with Crippen LogP contribution in [0.4, 0.5) is 0 Å². The largest absolute Gasteiger partial charge is 0.451 e. The predicted octanol–water partition coefficient (Wildman–Crippen LogP) is 1.46. The van der Waals surface area contributed by atoms with Gasteiger partial charge in [-0.25, -0.2) is 0 Å². The maximum absolute atomic E-state index is 8.41. The summed E-state index contributed by atoms with van der Waals surface area (Å²) < 4.78 is 0. The molecule has 0 rings (SSSR count). The van der Waals surface area contributed by atoms with Gasteiger partial charge in [0.15, 0.2) is 0 Å². The van der Waals surface area contributed by atoms with E-state index in [4.69, 9.17) is 10.0 Å². The summed E-state index contributed by atoms with van der Waals surface area (Å²) in [5, 5.41) is 16.8. The molecule has 0 heterocycles. The molecule has 0 aromatic rings. The van der Waals surface area contributed by atoms with E-state index >= 15 is 0 Å². The summed E-state index contributed by atoms with van der Waals surface area (Å²) in [6.45, 7) is 2.13. The van der Waals surface area contributed by atoms with Gasteiger partial charge in [0.05, 0.1) is 0 Å². The minimum absolute atomic E-state index is 0. The molecule has 0 amide bonds. The summed E-state index contributed by atoms with van der Waals surface area (Å²) in [4.78, 5) is 0. The highest BCUT2D eigenvalue weighted by atomic mass is 35.5. The first kappa shape index (κ1) is 12.9. The molecule has 0 fully saturated rings. The zero-order chi connectivity index (χ0) is 7.11. The van der Waals surface area contributed by atoms with Gasteiger partial charge in [0, 0.05) is 0 Å². The van der Waals surface area contributed by atoms with Crippen LogP contribution in [0.15, 0.2) is 0 Å². The highest BCUT2D eigenvalue weighted by Crippen LogP contribution is 2.02. The van der Waals surface area contributed by atoms with Gasteiger partial charge >= 0.3 is 7.12 Å². The zero-order valence-electron chi connectivity index (χ0n) is 6.42. The Kier molecular flexibility index (Phi) is 12.0. The van der Waals surface area contributed by atoms with Crippen LogP contribution in [0.5, 0.6) is 0 Å². The summed E-state index contributed by atoms with van der Waals surface area (Å²) in [7, 11) is -1.10. The van der Waals surface area contributed by atoms with Crippen LogP contribution in [0.2, 0.25) is 6.32 Å². The SMILES string of the molecule is CCCCCCB(O)O.Cl. The van der Waals surface area contributed by atoms with Crippen molar-refractivity contribution in [1.29, 1.82) is 0 Å². The topological polar surface area (TPSA) is 40.5 Å². The summed E-state index contributed by atoms with van der Waals surface area (Å²) >= 11 is 0. The summed E-state index contributed by atoms with van der Waals surface area (Å²) in [6.07, 6.45) is 4.98. The van der Waals surface area contributed by atoms with Crippen LogP contribution in [0.1, 0.15) is 32.6 Å². The third-order valence-electron chi connectivity index (χ3n) is 1.32. The quantitative estimate of drug-likeness (QED) is 0.480. The maximum atomic E-state index is 8.41. The van der Waals surface area contributed by atoms with Crippen LogP contribution in [-0.4, -0.2) is 17.2 Å². The molecule has 62 valence electrons. The molecular weight excluding hydrogens is 150 g/mol. The van der Waals surface area contributed by atoms with Crippen LogP contribution in [0.3, 0.4) is 0 Å². The Morgan fingerprint density at radius 3 is 2.10 bits per heavy atom. The van der Waals surface area contributed by atoms with E-state index in [2.05, 4.69) is 6.92 Å². The van der Waals surface area contributed by atoms with E-state index in [-0.39, 0.29) is 12.4 Å². The first-order valence-corrected chi connectivity index (χ1v) is 3.63. The minimum Gasteiger partial charge on any atom is -0.427 e. The average molecular weight is 166 g/mol. The van der Waals surface area contributed by atoms with Crippen molar-refractivity contribution in [3.05, 3.63) is 0 Å². The van der Waals surface area contributed by atoms with Crippen molar-refractivity contribution >= 4 is 19.5 Å². The monoisotopic (exact) mass is 166 g/mol. The lowest BCUT2D eigenvalue weighted by Crippen LogP contribution is -2.09. The first-order valence-electron chi connectivity index (χ1n) is 3.63. The van der Waals surface area contributed by atoms with E-state index in [1.807, 2.05) is 0 Å². The molecule has 0 saturated carbocycles. The molecule has 0 atom stereocenters. The summed E-state index contributed by atoms with van der Waals surface area (Å²) in [5.74, 6) is 0. The van der Waals surface area contributed by atoms with Gasteiger partial charge in [0.2, 0.25) is 0 Å². The smallest absolute Gasteiger partial charge is 0.427 e. The lowest BCUT2D eigenvalue weighted by atomic mass is 9.83. The Bertz CT molecular complexity index is 61.7. The minimum atomic E-state index is -1.10. The Hall–Kier alpha value is 0.275. The van der Waals surface area contributed by atoms with E-state index < -0.39 is 7.12 Å². The molecule has 0 spiro atoms. The second-order valence-corrected chi connectivity index (χ2v) is 2.33. The standard InChI is InChI=1S/C6H15BO2.ClH/c1-2-3-4-5-6-7(8)9;/h8-9H,2-6H2,1H3;1H. The molecule has 0 radical (unpaired) electrons. The van der Waals surface area contributed by atoms with Gasteiger partial charge in [-0.15, -0.1) is 12.4 Å². The van der Waals surface area contributed by atoms with Crippen molar-refractivity contribution in [2.45, 2.75) is 38.9 Å². The van der Waals surface area contributed by atoms with Crippen LogP contribution in [0, 0.1) is 0 Å². The van der Waals surface area contributed by atoms with E-state index in [0.717, 1.165) is 12.8 Å². The fourth-order valence-corrected chi connectivity index (χ4v) is 0.754. The molecule has 0 aromatic heterocycles. The van der Waals surface area contributed by atoms with Gasteiger partial charge in [0.25, 0.3) is 0 Å². The van der Waals surface area contributed by atoms with Crippen LogP contribution < -0.4 is 0 Å². The molecule has 0 aliphatic carbocycles. The molecule has 0 unspecified atom stereocenters. The van der Waals surface area contributed by atoms with Crippen LogP contribution in [-0.2, 0) is 0 Å². The van der Waals surface area contributed by atoms with Crippen molar-refractivity contribution in [2.75, 3.05) is 0 Å². The van der Waals surface area contributed by atoms with E-state index in [1.165, 1.54) is 12.8 Å². The van der Waals surface area contributed by atoms with E-state index in [1.54, 1.807) is 0 Å². The summed E-state index contributed by atoms with van der Waals surface area (Å²) in [6, 6.07) is 0. The van der Waals surface area contributed by atoms with Crippen molar-refractivity contribution in [2.24, 2.45) is 0 Å². The Morgan fingerprint density at radius 1 is 1.10 bits per heavy atom. The molecule has 4 heteroatoms. The second kappa shape index (κ2) is 9.27. The molecule has 10 heavy (non-hydrogen) atoms. The van der Waals surface area contributed by atoms with Crippen molar-refractivity contribution in [3.63, 3.8) is 0 Å². The fraction of sp³-hybridized carbons (Fsp3) is 1.00. The van der Waals surface area contributed by atoms with Gasteiger partial charge in [-0.05, 0) is 6.32 Å². The molecule has 0 bridgehead atoms. The third kappa shape index (κ3) is 11.1. The Morgan fingerprint density at radius 2 is 1.70 bits per heavy atom. The zero-order valence-corrected chi connectivity index (χ0v) is 7.23. The predicted molar refractivity (Wildman–Crippen MR) is 46.4 cm³/mol. The highest BCUT2D eigenvalue weighted by molar-refractivity contribution is 6.40. The molecule has 2 N–H and O–H groups in total. The van der Waals surface area contributed by atoms with Crippen LogP contribution >= 0.6 is 12.4 Å². The van der Waals surface area contributed by atoms with Crippen LogP contribution in [0.25, 0.3) is 0 Å². The van der Waals surface area contributed by atoms with Gasteiger partial charge in [-0.1, -0.05) is 32.6 Å². The second-order valence-electron chi connectivity index (χ2n) is 2.33. The molecule has 0 aliphatic rings. The van der Waals surface area contributed by atoms with Crippen molar-refractivity contribution in [3.8, 4) is 0 Å². The average Bonchev–Trinajstić information content (AvgIpc) is 1.80. The molecule has 0 aromatic carbocycles. The highest BCUT2D eigenvalue weighted by Gasteiger charge is 2.03. The fourth-order valence-electron chi connectivity index (χ4n) is 0.754. The van der Waals surface area contributed by atoms with Crippen molar-refractivity contribution < 1.29 is 10.0 Å².